The van der Waals surface area contributed by atoms with E-state index in [2.05, 4.69) is 0 Å². The van der Waals surface area contributed by atoms with Crippen molar-refractivity contribution in [2.24, 2.45) is 0 Å². The fourth-order valence-electron chi connectivity index (χ4n) is 2.05. The van der Waals surface area contributed by atoms with Crippen LogP contribution in [-0.2, 0) is 6.61 Å². The van der Waals surface area contributed by atoms with Gasteiger partial charge in [-0.15, -0.1) is 0 Å². The third-order valence-electron chi connectivity index (χ3n) is 3.02. The number of benzene rings is 2. The van der Waals surface area contributed by atoms with Crippen LogP contribution in [0, 0.1) is 6.92 Å². The molecule has 2 aromatic rings. The topological polar surface area (TPSA) is 55.8 Å². The number of halogens is 1. The zero-order valence-electron chi connectivity index (χ0n) is 12.4. The number of rotatable bonds is 6. The van der Waals surface area contributed by atoms with Gasteiger partial charge in [0.05, 0.1) is 17.2 Å². The van der Waals surface area contributed by atoms with E-state index in [0.29, 0.717) is 24.7 Å². The van der Waals surface area contributed by atoms with Crippen LogP contribution in [0.4, 0.5) is 0 Å². The third-order valence-corrected chi connectivity index (χ3v) is 3.30. The summed E-state index contributed by atoms with van der Waals surface area (Å²) < 4.78 is 11.2. The first kappa shape index (κ1) is 16.2. The maximum absolute atomic E-state index is 11.1. The first-order valence-corrected chi connectivity index (χ1v) is 7.27. The molecule has 2 aromatic carbocycles. The Morgan fingerprint density at radius 3 is 2.64 bits per heavy atom. The predicted molar refractivity (Wildman–Crippen MR) is 85.1 cm³/mol. The fourth-order valence-corrected chi connectivity index (χ4v) is 2.32. The number of hydrogen-bond acceptors (Lipinski definition) is 3. The molecule has 0 spiro atoms. The van der Waals surface area contributed by atoms with Crippen molar-refractivity contribution in [3.63, 3.8) is 0 Å². The number of carboxylic acids is 1. The van der Waals surface area contributed by atoms with Crippen LogP contribution < -0.4 is 9.47 Å². The summed E-state index contributed by atoms with van der Waals surface area (Å²) in [5, 5.41) is 9.29. The first-order chi connectivity index (χ1) is 10.5. The van der Waals surface area contributed by atoms with Crippen molar-refractivity contribution >= 4 is 17.6 Å². The molecule has 0 aromatic heterocycles. The molecule has 4 nitrogen and oxygen atoms in total. The van der Waals surface area contributed by atoms with Crippen LogP contribution in [0.25, 0.3) is 0 Å². The van der Waals surface area contributed by atoms with Crippen molar-refractivity contribution in [3.8, 4) is 11.5 Å². The average Bonchev–Trinajstić information content (AvgIpc) is 2.46. The number of aryl methyl sites for hydroxylation is 1. The molecule has 0 amide bonds. The zero-order chi connectivity index (χ0) is 16.1. The Hall–Kier alpha value is -2.20. The molecule has 0 unspecified atom stereocenters. The highest BCUT2D eigenvalue weighted by molar-refractivity contribution is 6.32. The van der Waals surface area contributed by atoms with Crippen molar-refractivity contribution in [2.75, 3.05) is 6.61 Å². The summed E-state index contributed by atoms with van der Waals surface area (Å²) in [5.41, 5.74) is 2.20. The molecule has 0 radical (unpaired) electrons. The maximum atomic E-state index is 11.1. The van der Waals surface area contributed by atoms with E-state index in [9.17, 15) is 4.79 Å². The molecule has 5 heteroatoms. The molecular weight excluding hydrogens is 304 g/mol. The van der Waals surface area contributed by atoms with Crippen molar-refractivity contribution in [3.05, 3.63) is 58.1 Å². The number of ether oxygens (including phenoxy) is 2. The van der Waals surface area contributed by atoms with Gasteiger partial charge in [0.1, 0.15) is 6.61 Å². The molecule has 22 heavy (non-hydrogen) atoms. The van der Waals surface area contributed by atoms with Gasteiger partial charge >= 0.3 is 5.97 Å². The van der Waals surface area contributed by atoms with Crippen LogP contribution in [0.2, 0.25) is 5.02 Å². The van der Waals surface area contributed by atoms with Crippen molar-refractivity contribution < 1.29 is 19.4 Å². The summed E-state index contributed by atoms with van der Waals surface area (Å²) >= 11 is 6.14. The van der Waals surface area contributed by atoms with Gasteiger partial charge in [-0.2, -0.15) is 0 Å². The molecule has 0 fully saturated rings. The minimum atomic E-state index is -1.06. The van der Waals surface area contributed by atoms with Crippen LogP contribution in [0.3, 0.4) is 0 Å². The van der Waals surface area contributed by atoms with E-state index in [4.69, 9.17) is 26.2 Å². The highest BCUT2D eigenvalue weighted by atomic mass is 35.5. The van der Waals surface area contributed by atoms with Crippen LogP contribution >= 0.6 is 11.6 Å². The molecule has 1 N–H and O–H groups in total. The maximum Gasteiger partial charge on any atom is 0.335 e. The van der Waals surface area contributed by atoms with Gasteiger partial charge in [0.2, 0.25) is 0 Å². The van der Waals surface area contributed by atoms with E-state index in [1.54, 1.807) is 0 Å². The second-order valence-corrected chi connectivity index (χ2v) is 5.21. The zero-order valence-corrected chi connectivity index (χ0v) is 13.2. The van der Waals surface area contributed by atoms with Gasteiger partial charge in [-0.3, -0.25) is 0 Å². The van der Waals surface area contributed by atoms with Crippen LogP contribution in [0.15, 0.2) is 36.4 Å². The molecule has 2 rings (SSSR count). The van der Waals surface area contributed by atoms with E-state index in [1.165, 1.54) is 12.1 Å². The van der Waals surface area contributed by atoms with Crippen LogP contribution in [-0.4, -0.2) is 17.7 Å². The number of carboxylic acid groups (broad SMARTS) is 1. The Bertz CT molecular complexity index is 682. The third kappa shape index (κ3) is 3.92. The summed E-state index contributed by atoms with van der Waals surface area (Å²) in [6, 6.07) is 10.7. The van der Waals surface area contributed by atoms with Crippen molar-refractivity contribution in [2.45, 2.75) is 20.5 Å². The predicted octanol–water partition coefficient (Wildman–Crippen LogP) is 4.32. The summed E-state index contributed by atoms with van der Waals surface area (Å²) in [6.07, 6.45) is 0. The normalized spacial score (nSPS) is 10.3. The highest BCUT2D eigenvalue weighted by Gasteiger charge is 2.16. The fraction of sp³-hybridized carbons (Fsp3) is 0.235. The molecule has 0 aliphatic heterocycles. The lowest BCUT2D eigenvalue weighted by Gasteiger charge is -2.14. The minimum Gasteiger partial charge on any atom is -0.490 e. The molecule has 0 bridgehead atoms. The average molecular weight is 321 g/mol. The Balaban J connectivity index is 2.27. The molecule has 0 saturated carbocycles. The van der Waals surface area contributed by atoms with E-state index < -0.39 is 5.97 Å². The SMILES string of the molecule is CCOc1cc(C(=O)O)cc(Cl)c1OCc1cccc(C)c1. The monoisotopic (exact) mass is 320 g/mol. The lowest BCUT2D eigenvalue weighted by Crippen LogP contribution is -2.03. The standard InChI is InChI=1S/C17H17ClO4/c1-3-21-15-9-13(17(19)20)8-14(18)16(15)22-10-12-6-4-5-11(2)7-12/h4-9H,3,10H2,1-2H3,(H,19,20). The number of hydrogen-bond donors (Lipinski definition) is 1. The number of carbonyl (C=O) groups is 1. The highest BCUT2D eigenvalue weighted by Crippen LogP contribution is 2.37. The van der Waals surface area contributed by atoms with Gasteiger partial charge in [-0.05, 0) is 31.5 Å². The summed E-state index contributed by atoms with van der Waals surface area (Å²) in [6.45, 7) is 4.53. The van der Waals surface area contributed by atoms with Crippen molar-refractivity contribution in [1.82, 2.24) is 0 Å². The summed E-state index contributed by atoms with van der Waals surface area (Å²) in [7, 11) is 0. The molecule has 116 valence electrons. The Morgan fingerprint density at radius 2 is 2.00 bits per heavy atom. The van der Waals surface area contributed by atoms with E-state index in [-0.39, 0.29) is 10.6 Å². The van der Waals surface area contributed by atoms with Crippen LogP contribution in [0.1, 0.15) is 28.4 Å². The quantitative estimate of drug-likeness (QED) is 0.861. The Labute approximate surface area is 134 Å². The van der Waals surface area contributed by atoms with Crippen LogP contribution in [0.5, 0.6) is 11.5 Å². The van der Waals surface area contributed by atoms with Crippen molar-refractivity contribution in [1.29, 1.82) is 0 Å². The smallest absolute Gasteiger partial charge is 0.335 e. The second kappa shape index (κ2) is 7.18. The first-order valence-electron chi connectivity index (χ1n) is 6.89. The molecule has 0 aliphatic carbocycles. The summed E-state index contributed by atoms with van der Waals surface area (Å²) in [4.78, 5) is 11.1. The van der Waals surface area contributed by atoms with E-state index in [0.717, 1.165) is 11.1 Å². The van der Waals surface area contributed by atoms with E-state index >= 15 is 0 Å². The molecular formula is C17H17ClO4. The second-order valence-electron chi connectivity index (χ2n) is 4.80. The van der Waals surface area contributed by atoms with Gasteiger partial charge in [-0.25, -0.2) is 4.79 Å². The van der Waals surface area contributed by atoms with Gasteiger partial charge in [0, 0.05) is 0 Å². The Kier molecular flexibility index (Phi) is 5.28. The van der Waals surface area contributed by atoms with E-state index in [1.807, 2.05) is 38.1 Å². The minimum absolute atomic E-state index is 0.0661. The molecule has 0 heterocycles. The molecule has 0 saturated heterocycles. The largest absolute Gasteiger partial charge is 0.490 e. The molecule has 0 aliphatic rings. The summed E-state index contributed by atoms with van der Waals surface area (Å²) in [5.74, 6) is -0.372. The lowest BCUT2D eigenvalue weighted by molar-refractivity contribution is 0.0696. The molecule has 0 atom stereocenters. The van der Waals surface area contributed by atoms with Gasteiger partial charge in [0.25, 0.3) is 0 Å². The van der Waals surface area contributed by atoms with Gasteiger partial charge < -0.3 is 14.6 Å². The Morgan fingerprint density at radius 1 is 1.23 bits per heavy atom. The number of aromatic carboxylic acids is 1. The van der Waals surface area contributed by atoms with Gasteiger partial charge in [-0.1, -0.05) is 41.4 Å². The van der Waals surface area contributed by atoms with Gasteiger partial charge in [0.15, 0.2) is 11.5 Å². The lowest BCUT2D eigenvalue weighted by atomic mass is 10.1.